The molecule has 0 aliphatic carbocycles. The Hall–Kier alpha value is -1.30. The summed E-state index contributed by atoms with van der Waals surface area (Å²) in [5, 5.41) is 5.86. The number of aromatic nitrogens is 1. The van der Waals surface area contributed by atoms with E-state index in [0.29, 0.717) is 22.3 Å². The summed E-state index contributed by atoms with van der Waals surface area (Å²) in [4.78, 5) is 16.2. The van der Waals surface area contributed by atoms with E-state index in [9.17, 15) is 4.79 Å². The summed E-state index contributed by atoms with van der Waals surface area (Å²) in [6.45, 7) is 0. The van der Waals surface area contributed by atoms with Gasteiger partial charge in [0, 0.05) is 10.4 Å². The lowest BCUT2D eigenvalue weighted by Crippen LogP contribution is -2.15. The first kappa shape index (κ1) is 15.1. The van der Waals surface area contributed by atoms with Crippen molar-refractivity contribution in [1.82, 2.24) is 4.98 Å². The maximum Gasteiger partial charge on any atom is 0.231 e. The zero-order valence-corrected chi connectivity index (χ0v) is 13.0. The minimum atomic E-state index is -0.180. The van der Waals surface area contributed by atoms with E-state index in [0.717, 1.165) is 10.7 Å². The molecule has 1 aromatic heterocycles. The second-order valence-corrected chi connectivity index (χ2v) is 5.58. The number of nitrogens with zero attached hydrogens (tertiary/aromatic N) is 1. The summed E-state index contributed by atoms with van der Waals surface area (Å²) in [6.07, 6.45) is 0.192. The summed E-state index contributed by atoms with van der Waals surface area (Å²) in [5.74, 6) is 0.727. The van der Waals surface area contributed by atoms with Gasteiger partial charge in [-0.2, -0.15) is 0 Å². The zero-order chi connectivity index (χ0) is 14.5. The van der Waals surface area contributed by atoms with E-state index in [1.807, 2.05) is 5.38 Å². The SMILES string of the molecule is COc1ccc(Cl)cc1NC(=O)Cc1nc(CCl)cs1. The molecule has 0 atom stereocenters. The van der Waals surface area contributed by atoms with Gasteiger partial charge in [-0.25, -0.2) is 4.98 Å². The molecule has 0 fully saturated rings. The third-order valence-corrected chi connectivity index (χ3v) is 3.89. The average molecular weight is 331 g/mol. The van der Waals surface area contributed by atoms with Crippen molar-refractivity contribution in [3.8, 4) is 5.75 Å². The molecule has 106 valence electrons. The van der Waals surface area contributed by atoms with Crippen molar-refractivity contribution < 1.29 is 9.53 Å². The number of carbonyl (C=O) groups excluding carboxylic acids is 1. The highest BCUT2D eigenvalue weighted by Gasteiger charge is 2.11. The third-order valence-electron chi connectivity index (χ3n) is 2.48. The van der Waals surface area contributed by atoms with Gasteiger partial charge in [-0.3, -0.25) is 4.79 Å². The third kappa shape index (κ3) is 3.85. The molecule has 1 aromatic carbocycles. The number of alkyl halides is 1. The molecule has 4 nitrogen and oxygen atoms in total. The molecule has 0 radical (unpaired) electrons. The van der Waals surface area contributed by atoms with E-state index in [4.69, 9.17) is 27.9 Å². The highest BCUT2D eigenvalue weighted by molar-refractivity contribution is 7.09. The summed E-state index contributed by atoms with van der Waals surface area (Å²) in [7, 11) is 1.53. The Labute approximate surface area is 130 Å². The molecule has 1 amide bonds. The zero-order valence-electron chi connectivity index (χ0n) is 10.7. The Morgan fingerprint density at radius 2 is 2.30 bits per heavy atom. The first-order chi connectivity index (χ1) is 9.62. The molecule has 0 spiro atoms. The van der Waals surface area contributed by atoms with Crippen LogP contribution < -0.4 is 10.1 Å². The van der Waals surface area contributed by atoms with Crippen molar-refractivity contribution in [2.45, 2.75) is 12.3 Å². The number of methoxy groups -OCH3 is 1. The van der Waals surface area contributed by atoms with Crippen LogP contribution in [0.2, 0.25) is 5.02 Å². The van der Waals surface area contributed by atoms with Gasteiger partial charge in [-0.05, 0) is 18.2 Å². The van der Waals surface area contributed by atoms with Gasteiger partial charge < -0.3 is 10.1 Å². The molecule has 7 heteroatoms. The minimum absolute atomic E-state index is 0.180. The summed E-state index contributed by atoms with van der Waals surface area (Å²) in [6, 6.07) is 5.04. The molecule has 0 saturated heterocycles. The lowest BCUT2D eigenvalue weighted by atomic mass is 10.2. The lowest BCUT2D eigenvalue weighted by Gasteiger charge is -2.09. The molecule has 2 rings (SSSR count). The van der Waals surface area contributed by atoms with Crippen LogP contribution >= 0.6 is 34.5 Å². The first-order valence-corrected chi connectivity index (χ1v) is 7.54. The number of nitrogens with one attached hydrogen (secondary N) is 1. The quantitative estimate of drug-likeness (QED) is 0.850. The largest absolute Gasteiger partial charge is 0.495 e. The summed E-state index contributed by atoms with van der Waals surface area (Å²) < 4.78 is 5.17. The highest BCUT2D eigenvalue weighted by atomic mass is 35.5. The number of rotatable bonds is 5. The second-order valence-electron chi connectivity index (χ2n) is 3.94. The molecule has 20 heavy (non-hydrogen) atoms. The number of amides is 1. The van der Waals surface area contributed by atoms with E-state index in [-0.39, 0.29) is 12.3 Å². The van der Waals surface area contributed by atoms with E-state index >= 15 is 0 Å². The number of thiazole rings is 1. The lowest BCUT2D eigenvalue weighted by molar-refractivity contribution is -0.115. The fraction of sp³-hybridized carbons (Fsp3) is 0.231. The van der Waals surface area contributed by atoms with Crippen LogP contribution in [0, 0.1) is 0 Å². The number of hydrogen-bond acceptors (Lipinski definition) is 4. The van der Waals surface area contributed by atoms with E-state index in [1.54, 1.807) is 18.2 Å². The van der Waals surface area contributed by atoms with E-state index in [1.165, 1.54) is 18.4 Å². The number of carbonyl (C=O) groups is 1. The molecule has 1 N–H and O–H groups in total. The van der Waals surface area contributed by atoms with E-state index in [2.05, 4.69) is 10.3 Å². The second kappa shape index (κ2) is 6.92. The van der Waals surface area contributed by atoms with Gasteiger partial charge in [0.05, 0.1) is 30.8 Å². The van der Waals surface area contributed by atoms with Crippen molar-refractivity contribution in [2.75, 3.05) is 12.4 Å². The van der Waals surface area contributed by atoms with Gasteiger partial charge in [0.2, 0.25) is 5.91 Å². The van der Waals surface area contributed by atoms with Crippen LogP contribution in [-0.2, 0) is 17.1 Å². The molecule has 0 unspecified atom stereocenters. The molecule has 0 aliphatic rings. The number of halogens is 2. The van der Waals surface area contributed by atoms with Crippen LogP contribution in [0.1, 0.15) is 10.7 Å². The Morgan fingerprint density at radius 3 is 2.95 bits per heavy atom. The normalized spacial score (nSPS) is 10.3. The Morgan fingerprint density at radius 1 is 1.50 bits per heavy atom. The fourth-order valence-electron chi connectivity index (χ4n) is 1.60. The smallest absolute Gasteiger partial charge is 0.231 e. The average Bonchev–Trinajstić information content (AvgIpc) is 2.86. The number of anilines is 1. The predicted molar refractivity (Wildman–Crippen MR) is 82.0 cm³/mol. The fourth-order valence-corrected chi connectivity index (χ4v) is 2.79. The van der Waals surface area contributed by atoms with Crippen molar-refractivity contribution in [3.63, 3.8) is 0 Å². The topological polar surface area (TPSA) is 51.2 Å². The summed E-state index contributed by atoms with van der Waals surface area (Å²) >= 11 is 13.0. The minimum Gasteiger partial charge on any atom is -0.495 e. The number of benzene rings is 1. The monoisotopic (exact) mass is 330 g/mol. The van der Waals surface area contributed by atoms with Crippen molar-refractivity contribution in [3.05, 3.63) is 39.3 Å². The molecule has 0 aliphatic heterocycles. The molecular formula is C13H12Cl2N2O2S. The van der Waals surface area contributed by atoms with Crippen LogP contribution in [0.4, 0.5) is 5.69 Å². The Kier molecular flexibility index (Phi) is 5.23. The predicted octanol–water partition coefficient (Wildman–Crippen LogP) is 3.73. The van der Waals surface area contributed by atoms with Crippen molar-refractivity contribution >= 4 is 46.1 Å². The maximum absolute atomic E-state index is 12.0. The van der Waals surface area contributed by atoms with Crippen molar-refractivity contribution in [2.24, 2.45) is 0 Å². The number of ether oxygens (including phenoxy) is 1. The van der Waals surface area contributed by atoms with Gasteiger partial charge >= 0.3 is 0 Å². The van der Waals surface area contributed by atoms with Gasteiger partial charge in [0.25, 0.3) is 0 Å². The first-order valence-electron chi connectivity index (χ1n) is 5.75. The summed E-state index contributed by atoms with van der Waals surface area (Å²) in [5.41, 5.74) is 1.32. The maximum atomic E-state index is 12.0. The van der Waals surface area contributed by atoms with Gasteiger partial charge in [-0.15, -0.1) is 22.9 Å². The standard InChI is InChI=1S/C13H12Cl2N2O2S/c1-19-11-3-2-8(15)4-10(11)17-12(18)5-13-16-9(6-14)7-20-13/h2-4,7H,5-6H2,1H3,(H,17,18). The highest BCUT2D eigenvalue weighted by Crippen LogP contribution is 2.27. The van der Waals surface area contributed by atoms with Crippen molar-refractivity contribution in [1.29, 1.82) is 0 Å². The molecule has 0 bridgehead atoms. The Bertz CT molecular complexity index is 616. The number of hydrogen-bond donors (Lipinski definition) is 1. The van der Waals surface area contributed by atoms with E-state index < -0.39 is 0 Å². The molecular weight excluding hydrogens is 319 g/mol. The Balaban J connectivity index is 2.06. The van der Waals surface area contributed by atoms with Crippen LogP contribution in [-0.4, -0.2) is 18.0 Å². The molecule has 1 heterocycles. The van der Waals surface area contributed by atoms with Crippen LogP contribution in [0.5, 0.6) is 5.75 Å². The van der Waals surface area contributed by atoms with Crippen LogP contribution in [0.3, 0.4) is 0 Å². The molecule has 0 saturated carbocycles. The van der Waals surface area contributed by atoms with Crippen LogP contribution in [0.15, 0.2) is 23.6 Å². The van der Waals surface area contributed by atoms with Gasteiger partial charge in [0.1, 0.15) is 10.8 Å². The van der Waals surface area contributed by atoms with Gasteiger partial charge in [0.15, 0.2) is 0 Å². The van der Waals surface area contributed by atoms with Gasteiger partial charge in [-0.1, -0.05) is 11.6 Å². The molecule has 2 aromatic rings. The van der Waals surface area contributed by atoms with Crippen LogP contribution in [0.25, 0.3) is 0 Å².